The number of aryl methyl sites for hydroxylation is 3. The molecule has 0 aliphatic carbocycles. The molecule has 8 nitrogen and oxygen atoms in total. The molecule has 4 N–H and O–H groups in total. The van der Waals surface area contributed by atoms with Gasteiger partial charge in [-0.1, -0.05) is 24.6 Å². The van der Waals surface area contributed by atoms with Crippen molar-refractivity contribution in [3.8, 4) is 0 Å². The van der Waals surface area contributed by atoms with Crippen LogP contribution in [0.3, 0.4) is 0 Å². The Kier molecular flexibility index (Phi) is 8.06. The quantitative estimate of drug-likeness (QED) is 0.556. The van der Waals surface area contributed by atoms with Crippen molar-refractivity contribution in [2.45, 2.75) is 52.0 Å². The lowest BCUT2D eigenvalue weighted by Gasteiger charge is -2.23. The van der Waals surface area contributed by atoms with Gasteiger partial charge in [0.15, 0.2) is 0 Å². The maximum Gasteiger partial charge on any atom is 0.349 e. The van der Waals surface area contributed by atoms with E-state index in [2.05, 4.69) is 11.1 Å². The second-order valence-corrected chi connectivity index (χ2v) is 8.44. The molecule has 176 valence electrons. The topological polar surface area (TPSA) is 130 Å². The minimum atomic E-state index is -0.833. The van der Waals surface area contributed by atoms with Crippen molar-refractivity contribution in [2.75, 3.05) is 13.1 Å². The van der Waals surface area contributed by atoms with Crippen LogP contribution in [0.15, 0.2) is 45.7 Å². The van der Waals surface area contributed by atoms with E-state index in [1.807, 2.05) is 30.5 Å². The van der Waals surface area contributed by atoms with Gasteiger partial charge in [-0.05, 0) is 49.4 Å². The molecule has 1 aliphatic heterocycles. The molecule has 1 unspecified atom stereocenters. The molecule has 1 fully saturated rings. The number of benzene rings is 1. The minimum absolute atomic E-state index is 0.0377. The van der Waals surface area contributed by atoms with Crippen molar-refractivity contribution in [2.24, 2.45) is 5.73 Å². The molecule has 4 rings (SSSR count). The summed E-state index contributed by atoms with van der Waals surface area (Å²) in [7, 11) is 0. The average Bonchev–Trinajstić information content (AvgIpc) is 3.03. The number of likely N-dealkylation sites (tertiary alicyclic amines) is 1. The summed E-state index contributed by atoms with van der Waals surface area (Å²) in [6, 6.07) is 9.91. The van der Waals surface area contributed by atoms with Crippen molar-refractivity contribution in [3.05, 3.63) is 69.4 Å². The van der Waals surface area contributed by atoms with Crippen LogP contribution in [0.25, 0.3) is 10.9 Å². The zero-order chi connectivity index (χ0) is 24.0. The summed E-state index contributed by atoms with van der Waals surface area (Å²) in [6.07, 6.45) is 6.17. The molecule has 0 bridgehead atoms. The summed E-state index contributed by atoms with van der Waals surface area (Å²) in [6.45, 7) is 4.00. The second-order valence-electron chi connectivity index (χ2n) is 8.44. The van der Waals surface area contributed by atoms with Crippen LogP contribution in [-0.4, -0.2) is 46.0 Å². The molecule has 3 aromatic rings. The summed E-state index contributed by atoms with van der Waals surface area (Å²) in [4.78, 5) is 39.5. The summed E-state index contributed by atoms with van der Waals surface area (Å²) in [5.74, 6) is -0.501. The monoisotopic (exact) mass is 453 g/mol. The Balaban J connectivity index is 0.000000709. The van der Waals surface area contributed by atoms with Crippen molar-refractivity contribution in [1.29, 1.82) is 0 Å². The first-order valence-corrected chi connectivity index (χ1v) is 11.2. The Morgan fingerprint density at radius 1 is 1.24 bits per heavy atom. The van der Waals surface area contributed by atoms with Crippen LogP contribution < -0.4 is 11.4 Å². The Labute approximate surface area is 192 Å². The number of nitrogens with one attached hydrogen (secondary N) is 1. The van der Waals surface area contributed by atoms with E-state index >= 15 is 0 Å². The number of amides is 1. The van der Waals surface area contributed by atoms with Crippen LogP contribution in [0.2, 0.25) is 0 Å². The van der Waals surface area contributed by atoms with Crippen LogP contribution in [0.1, 0.15) is 53.4 Å². The number of hydrogen-bond acceptors (Lipinski definition) is 5. The summed E-state index contributed by atoms with van der Waals surface area (Å²) in [5.41, 5.74) is 8.59. The molecule has 1 amide bonds. The SMILES string of the molecule is CC(=O)O.Cc1cc(CCc2c[nH]c3ccccc23)oc(=O)c1C(=O)N1CCCCC(N)C1. The van der Waals surface area contributed by atoms with E-state index in [9.17, 15) is 9.59 Å². The molecule has 1 atom stereocenters. The van der Waals surface area contributed by atoms with Gasteiger partial charge in [0.2, 0.25) is 0 Å². The Hall–Kier alpha value is -3.39. The maximum absolute atomic E-state index is 12.9. The van der Waals surface area contributed by atoms with Crippen LogP contribution in [0, 0.1) is 6.92 Å². The Morgan fingerprint density at radius 3 is 2.70 bits per heavy atom. The summed E-state index contributed by atoms with van der Waals surface area (Å²) < 4.78 is 5.53. The van der Waals surface area contributed by atoms with Gasteiger partial charge in [-0.2, -0.15) is 0 Å². The largest absolute Gasteiger partial charge is 0.481 e. The lowest BCUT2D eigenvalue weighted by molar-refractivity contribution is -0.134. The fourth-order valence-electron chi connectivity index (χ4n) is 4.17. The number of nitrogens with zero attached hydrogens (tertiary/aromatic N) is 1. The van der Waals surface area contributed by atoms with Crippen molar-refractivity contribution in [1.82, 2.24) is 9.88 Å². The van der Waals surface area contributed by atoms with E-state index in [4.69, 9.17) is 20.1 Å². The molecule has 2 aromatic heterocycles. The first kappa shape index (κ1) is 24.3. The number of carboxylic acids is 1. The van der Waals surface area contributed by atoms with Crippen LogP contribution in [-0.2, 0) is 17.6 Å². The molecule has 1 aliphatic rings. The number of aromatic amines is 1. The zero-order valence-electron chi connectivity index (χ0n) is 19.1. The number of fused-ring (bicyclic) bond motifs is 1. The highest BCUT2D eigenvalue weighted by Gasteiger charge is 2.25. The standard InChI is InChI=1S/C23H27N3O3.C2H4O2/c1-15-12-18(10-9-16-13-25-20-8-3-2-7-19(16)20)29-23(28)21(15)22(27)26-11-5-4-6-17(24)14-26;1-2(3)4/h2-3,7-8,12-13,17,25H,4-6,9-11,14,24H2,1H3;1H3,(H,3,4). The van der Waals surface area contributed by atoms with Gasteiger partial charge in [0.1, 0.15) is 11.3 Å². The molecule has 0 spiro atoms. The van der Waals surface area contributed by atoms with Gasteiger partial charge < -0.3 is 25.1 Å². The number of carbonyl (C=O) groups excluding carboxylic acids is 1. The Bertz CT molecular complexity index is 1180. The summed E-state index contributed by atoms with van der Waals surface area (Å²) in [5, 5.41) is 8.59. The predicted molar refractivity (Wildman–Crippen MR) is 126 cm³/mol. The smallest absolute Gasteiger partial charge is 0.349 e. The van der Waals surface area contributed by atoms with Crippen molar-refractivity contribution >= 4 is 22.8 Å². The molecule has 3 heterocycles. The van der Waals surface area contributed by atoms with Crippen LogP contribution in [0.5, 0.6) is 0 Å². The van der Waals surface area contributed by atoms with E-state index in [0.29, 0.717) is 30.8 Å². The third kappa shape index (κ3) is 6.32. The number of para-hydroxylation sites is 1. The van der Waals surface area contributed by atoms with Gasteiger partial charge in [0.05, 0.1) is 0 Å². The average molecular weight is 454 g/mol. The fourth-order valence-corrected chi connectivity index (χ4v) is 4.17. The maximum atomic E-state index is 12.9. The molecule has 0 radical (unpaired) electrons. The number of H-pyrrole nitrogens is 1. The van der Waals surface area contributed by atoms with Gasteiger partial charge >= 0.3 is 5.63 Å². The normalized spacial score (nSPS) is 16.1. The first-order valence-electron chi connectivity index (χ1n) is 11.2. The Morgan fingerprint density at radius 2 is 1.97 bits per heavy atom. The van der Waals surface area contributed by atoms with E-state index in [1.54, 1.807) is 11.8 Å². The number of aromatic nitrogens is 1. The van der Waals surface area contributed by atoms with Gasteiger partial charge in [-0.3, -0.25) is 9.59 Å². The number of aliphatic carboxylic acids is 1. The number of hydrogen-bond donors (Lipinski definition) is 3. The second kappa shape index (κ2) is 11.0. The van der Waals surface area contributed by atoms with Gasteiger partial charge in [0.25, 0.3) is 11.9 Å². The highest BCUT2D eigenvalue weighted by Crippen LogP contribution is 2.20. The number of nitrogens with two attached hydrogens (primary N) is 1. The highest BCUT2D eigenvalue weighted by atomic mass is 16.4. The van der Waals surface area contributed by atoms with E-state index < -0.39 is 11.6 Å². The number of rotatable bonds is 4. The molecule has 8 heteroatoms. The predicted octanol–water partition coefficient (Wildman–Crippen LogP) is 3.26. The third-order valence-electron chi connectivity index (χ3n) is 5.72. The molecule has 33 heavy (non-hydrogen) atoms. The lowest BCUT2D eigenvalue weighted by atomic mass is 10.0. The third-order valence-corrected chi connectivity index (χ3v) is 5.72. The van der Waals surface area contributed by atoms with Gasteiger partial charge in [-0.25, -0.2) is 4.79 Å². The van der Waals surface area contributed by atoms with E-state index in [-0.39, 0.29) is 17.5 Å². The van der Waals surface area contributed by atoms with Crippen molar-refractivity contribution < 1.29 is 19.1 Å². The van der Waals surface area contributed by atoms with E-state index in [1.165, 1.54) is 10.9 Å². The van der Waals surface area contributed by atoms with Gasteiger partial charge in [-0.15, -0.1) is 0 Å². The fraction of sp³-hybridized carbons (Fsp3) is 0.400. The van der Waals surface area contributed by atoms with E-state index in [0.717, 1.165) is 38.1 Å². The van der Waals surface area contributed by atoms with Crippen LogP contribution in [0.4, 0.5) is 0 Å². The van der Waals surface area contributed by atoms with Crippen molar-refractivity contribution in [3.63, 3.8) is 0 Å². The highest BCUT2D eigenvalue weighted by molar-refractivity contribution is 5.95. The molecule has 1 saturated heterocycles. The molecule has 1 aromatic carbocycles. The minimum Gasteiger partial charge on any atom is -0.481 e. The van der Waals surface area contributed by atoms with Gasteiger partial charge in [0, 0.05) is 49.6 Å². The molecular formula is C25H31N3O5. The molecule has 0 saturated carbocycles. The molecular weight excluding hydrogens is 422 g/mol. The lowest BCUT2D eigenvalue weighted by Crippen LogP contribution is -2.41. The number of carboxylic acid groups (broad SMARTS) is 1. The first-order chi connectivity index (χ1) is 15.8. The zero-order valence-corrected chi connectivity index (χ0v) is 19.1. The number of carbonyl (C=O) groups is 2. The van der Waals surface area contributed by atoms with Crippen LogP contribution >= 0.6 is 0 Å². The summed E-state index contributed by atoms with van der Waals surface area (Å²) >= 11 is 0.